The lowest BCUT2D eigenvalue weighted by molar-refractivity contribution is 0.0690. The number of aryl methyl sites for hydroxylation is 1. The van der Waals surface area contributed by atoms with Crippen LogP contribution in [0, 0.1) is 6.92 Å². The molecule has 1 amide bonds. The topological polar surface area (TPSA) is 105 Å². The molecule has 19 heavy (non-hydrogen) atoms. The summed E-state index contributed by atoms with van der Waals surface area (Å²) in [7, 11) is 0. The van der Waals surface area contributed by atoms with E-state index in [1.54, 1.807) is 13.0 Å². The van der Waals surface area contributed by atoms with Gasteiger partial charge in [0, 0.05) is 12.3 Å². The molecule has 2 rings (SSSR count). The predicted octanol–water partition coefficient (Wildman–Crippen LogP) is 1.01. The number of amides is 1. The molecule has 0 aliphatic heterocycles. The van der Waals surface area contributed by atoms with Gasteiger partial charge >= 0.3 is 5.97 Å². The van der Waals surface area contributed by atoms with Crippen LogP contribution in [0.3, 0.4) is 0 Å². The normalized spacial score (nSPS) is 10.2. The smallest absolute Gasteiger partial charge is 0.338 e. The summed E-state index contributed by atoms with van der Waals surface area (Å²) in [6.45, 7) is 1.88. The molecule has 0 bridgehead atoms. The van der Waals surface area contributed by atoms with E-state index in [9.17, 15) is 9.59 Å². The Balaban J connectivity index is 2.10. The van der Waals surface area contributed by atoms with Crippen LogP contribution in [-0.2, 0) is 6.54 Å². The summed E-state index contributed by atoms with van der Waals surface area (Å²) < 4.78 is 4.85. The van der Waals surface area contributed by atoms with Crippen molar-refractivity contribution in [1.29, 1.82) is 0 Å². The quantitative estimate of drug-likeness (QED) is 0.850. The van der Waals surface area contributed by atoms with Gasteiger partial charge in [0.1, 0.15) is 17.1 Å². The highest BCUT2D eigenvalue weighted by atomic mass is 16.5. The van der Waals surface area contributed by atoms with E-state index in [2.05, 4.69) is 15.5 Å². The Kier molecular flexibility index (Phi) is 3.56. The van der Waals surface area contributed by atoms with Gasteiger partial charge in [-0.15, -0.1) is 0 Å². The summed E-state index contributed by atoms with van der Waals surface area (Å²) in [5.41, 5.74) is 0.283. The molecule has 0 aromatic carbocycles. The molecule has 0 atom stereocenters. The van der Waals surface area contributed by atoms with E-state index in [-0.39, 0.29) is 17.8 Å². The van der Waals surface area contributed by atoms with Crippen LogP contribution < -0.4 is 5.32 Å². The monoisotopic (exact) mass is 261 g/mol. The molecule has 0 spiro atoms. The molecule has 2 aromatic rings. The number of aromatic carboxylic acids is 1. The second kappa shape index (κ2) is 5.30. The SMILES string of the molecule is Cc1cc(CNC(=O)c2ncccc2C(=O)O)no1. The zero-order valence-corrected chi connectivity index (χ0v) is 10.1. The number of carbonyl (C=O) groups excluding carboxylic acids is 1. The van der Waals surface area contributed by atoms with E-state index in [0.29, 0.717) is 11.5 Å². The number of rotatable bonds is 4. The van der Waals surface area contributed by atoms with Crippen LogP contribution in [-0.4, -0.2) is 27.1 Å². The number of carboxylic acids is 1. The lowest BCUT2D eigenvalue weighted by Crippen LogP contribution is -2.26. The molecule has 0 aliphatic rings. The van der Waals surface area contributed by atoms with Crippen LogP contribution in [0.15, 0.2) is 28.9 Å². The highest BCUT2D eigenvalue weighted by molar-refractivity contribution is 6.03. The molecule has 98 valence electrons. The van der Waals surface area contributed by atoms with Crippen molar-refractivity contribution in [1.82, 2.24) is 15.5 Å². The Morgan fingerprint density at radius 1 is 1.47 bits per heavy atom. The highest BCUT2D eigenvalue weighted by Crippen LogP contribution is 2.06. The molecule has 7 heteroatoms. The van der Waals surface area contributed by atoms with Crippen LogP contribution in [0.5, 0.6) is 0 Å². The van der Waals surface area contributed by atoms with Crippen molar-refractivity contribution in [2.24, 2.45) is 0 Å². The van der Waals surface area contributed by atoms with E-state index >= 15 is 0 Å². The molecule has 7 nitrogen and oxygen atoms in total. The first-order valence-corrected chi connectivity index (χ1v) is 5.46. The Morgan fingerprint density at radius 3 is 2.89 bits per heavy atom. The first-order valence-electron chi connectivity index (χ1n) is 5.46. The van der Waals surface area contributed by atoms with E-state index in [1.165, 1.54) is 18.3 Å². The van der Waals surface area contributed by atoms with Crippen LogP contribution in [0.25, 0.3) is 0 Å². The molecular formula is C12H11N3O4. The molecular weight excluding hydrogens is 250 g/mol. The van der Waals surface area contributed by atoms with E-state index in [1.807, 2.05) is 0 Å². The molecule has 0 radical (unpaired) electrons. The Morgan fingerprint density at radius 2 is 2.26 bits per heavy atom. The molecule has 0 aliphatic carbocycles. The molecule has 0 unspecified atom stereocenters. The van der Waals surface area contributed by atoms with Gasteiger partial charge in [-0.25, -0.2) is 4.79 Å². The van der Waals surface area contributed by atoms with E-state index in [4.69, 9.17) is 9.63 Å². The van der Waals surface area contributed by atoms with E-state index < -0.39 is 11.9 Å². The average Bonchev–Trinajstić information content (AvgIpc) is 2.81. The van der Waals surface area contributed by atoms with Gasteiger partial charge in [-0.2, -0.15) is 0 Å². The van der Waals surface area contributed by atoms with Gasteiger partial charge in [-0.3, -0.25) is 9.78 Å². The molecule has 0 saturated heterocycles. The minimum Gasteiger partial charge on any atom is -0.478 e. The zero-order valence-electron chi connectivity index (χ0n) is 10.1. The number of nitrogens with one attached hydrogen (secondary N) is 1. The number of carbonyl (C=O) groups is 2. The Labute approximate surface area is 108 Å². The maximum atomic E-state index is 11.9. The Bertz CT molecular complexity index is 621. The van der Waals surface area contributed by atoms with Crippen molar-refractivity contribution < 1.29 is 19.2 Å². The highest BCUT2D eigenvalue weighted by Gasteiger charge is 2.17. The molecule has 0 fully saturated rings. The number of aromatic nitrogens is 2. The van der Waals surface area contributed by atoms with Gasteiger partial charge in [-0.1, -0.05) is 5.16 Å². The summed E-state index contributed by atoms with van der Waals surface area (Å²) in [5, 5.41) is 15.2. The van der Waals surface area contributed by atoms with Crippen molar-refractivity contribution in [3.05, 3.63) is 47.1 Å². The second-order valence-corrected chi connectivity index (χ2v) is 3.82. The summed E-state index contributed by atoms with van der Waals surface area (Å²) >= 11 is 0. The van der Waals surface area contributed by atoms with Gasteiger partial charge in [0.15, 0.2) is 0 Å². The van der Waals surface area contributed by atoms with Gasteiger partial charge in [0.05, 0.1) is 12.1 Å². The first-order chi connectivity index (χ1) is 9.08. The summed E-state index contributed by atoms with van der Waals surface area (Å²) in [4.78, 5) is 26.6. The van der Waals surface area contributed by atoms with Crippen LogP contribution >= 0.6 is 0 Å². The van der Waals surface area contributed by atoms with Crippen molar-refractivity contribution in [3.63, 3.8) is 0 Å². The van der Waals surface area contributed by atoms with Gasteiger partial charge in [0.25, 0.3) is 5.91 Å². The van der Waals surface area contributed by atoms with Gasteiger partial charge in [-0.05, 0) is 19.1 Å². The van der Waals surface area contributed by atoms with Crippen molar-refractivity contribution in [2.75, 3.05) is 0 Å². The average molecular weight is 261 g/mol. The number of nitrogens with zero attached hydrogens (tertiary/aromatic N) is 2. The number of pyridine rings is 1. The maximum absolute atomic E-state index is 11.9. The molecule has 2 heterocycles. The number of carboxylic acid groups (broad SMARTS) is 1. The van der Waals surface area contributed by atoms with Crippen molar-refractivity contribution in [2.45, 2.75) is 13.5 Å². The third-order valence-corrected chi connectivity index (χ3v) is 2.36. The predicted molar refractivity (Wildman–Crippen MR) is 63.6 cm³/mol. The van der Waals surface area contributed by atoms with Crippen molar-refractivity contribution >= 4 is 11.9 Å². The van der Waals surface area contributed by atoms with Crippen molar-refractivity contribution in [3.8, 4) is 0 Å². The third kappa shape index (κ3) is 2.95. The lowest BCUT2D eigenvalue weighted by Gasteiger charge is -2.04. The fourth-order valence-corrected chi connectivity index (χ4v) is 1.51. The number of hydrogen-bond donors (Lipinski definition) is 2. The molecule has 2 aromatic heterocycles. The zero-order chi connectivity index (χ0) is 13.8. The largest absolute Gasteiger partial charge is 0.478 e. The molecule has 2 N–H and O–H groups in total. The second-order valence-electron chi connectivity index (χ2n) is 3.82. The summed E-state index contributed by atoms with van der Waals surface area (Å²) in [6, 6.07) is 4.46. The lowest BCUT2D eigenvalue weighted by atomic mass is 10.2. The van der Waals surface area contributed by atoms with Crippen LogP contribution in [0.4, 0.5) is 0 Å². The van der Waals surface area contributed by atoms with Gasteiger partial charge < -0.3 is 14.9 Å². The standard InChI is InChI=1S/C12H11N3O4/c1-7-5-8(15-19-7)6-14-11(16)10-9(12(17)18)3-2-4-13-10/h2-5H,6H2,1H3,(H,14,16)(H,17,18). The fraction of sp³-hybridized carbons (Fsp3) is 0.167. The van der Waals surface area contributed by atoms with Crippen LogP contribution in [0.1, 0.15) is 32.3 Å². The minimum atomic E-state index is -1.20. The summed E-state index contributed by atoms with van der Waals surface area (Å²) in [5.74, 6) is -1.14. The first kappa shape index (κ1) is 12.7. The van der Waals surface area contributed by atoms with Crippen LogP contribution in [0.2, 0.25) is 0 Å². The minimum absolute atomic E-state index is 0.129. The maximum Gasteiger partial charge on any atom is 0.338 e. The Hall–Kier alpha value is -2.70. The fourth-order valence-electron chi connectivity index (χ4n) is 1.51. The number of hydrogen-bond acceptors (Lipinski definition) is 5. The van der Waals surface area contributed by atoms with E-state index in [0.717, 1.165) is 0 Å². The van der Waals surface area contributed by atoms with Gasteiger partial charge in [0.2, 0.25) is 0 Å². The summed E-state index contributed by atoms with van der Waals surface area (Å²) in [6.07, 6.45) is 1.36. The molecule has 0 saturated carbocycles. The third-order valence-electron chi connectivity index (χ3n) is 2.36.